The van der Waals surface area contributed by atoms with Crippen LogP contribution in [0.25, 0.3) is 0 Å². The highest BCUT2D eigenvalue weighted by Crippen LogP contribution is 2.46. The van der Waals surface area contributed by atoms with Crippen molar-refractivity contribution < 1.29 is 23.9 Å². The van der Waals surface area contributed by atoms with E-state index in [2.05, 4.69) is 5.32 Å². The summed E-state index contributed by atoms with van der Waals surface area (Å²) >= 11 is 1.54. The number of aryl methyl sites for hydroxylation is 1. The Bertz CT molecular complexity index is 910. The average Bonchev–Trinajstić information content (AvgIpc) is 3.10. The largest absolute Gasteiger partial charge is 0.468 e. The Morgan fingerprint density at radius 2 is 2.00 bits per heavy atom. The van der Waals surface area contributed by atoms with E-state index < -0.39 is 23.8 Å². The summed E-state index contributed by atoms with van der Waals surface area (Å²) in [5.41, 5.74) is 2.39. The number of hydrogen-bond acceptors (Lipinski definition) is 7. The Labute approximate surface area is 175 Å². The molecule has 0 saturated heterocycles. The Morgan fingerprint density at radius 3 is 2.59 bits per heavy atom. The van der Waals surface area contributed by atoms with Crippen molar-refractivity contribution in [2.45, 2.75) is 46.5 Å². The van der Waals surface area contributed by atoms with Gasteiger partial charge in [0.2, 0.25) is 0 Å². The second-order valence-electron chi connectivity index (χ2n) is 7.62. The van der Waals surface area contributed by atoms with E-state index in [0.29, 0.717) is 36.3 Å². The number of Topliss-reactive ketones (excluding diaryl/α,β-unsaturated/α-hetero) is 1. The molecule has 0 fully saturated rings. The molecule has 29 heavy (non-hydrogen) atoms. The lowest BCUT2D eigenvalue weighted by Crippen LogP contribution is -2.43. The molecule has 0 amide bonds. The van der Waals surface area contributed by atoms with Crippen molar-refractivity contribution in [1.82, 2.24) is 5.32 Å². The van der Waals surface area contributed by atoms with E-state index in [0.717, 1.165) is 15.5 Å². The molecule has 1 aliphatic carbocycles. The molecule has 0 radical (unpaired) electrons. The molecule has 0 aromatic carbocycles. The van der Waals surface area contributed by atoms with Gasteiger partial charge in [0.1, 0.15) is 5.92 Å². The number of ether oxygens (including phenoxy) is 2. The molecule has 0 bridgehead atoms. The van der Waals surface area contributed by atoms with Crippen molar-refractivity contribution >= 4 is 29.1 Å². The highest BCUT2D eigenvalue weighted by molar-refractivity contribution is 7.12. The second kappa shape index (κ2) is 8.53. The Morgan fingerprint density at radius 1 is 1.28 bits per heavy atom. The van der Waals surface area contributed by atoms with Crippen LogP contribution in [0.3, 0.4) is 0 Å². The number of thiophene rings is 1. The topological polar surface area (TPSA) is 81.7 Å². The summed E-state index contributed by atoms with van der Waals surface area (Å²) in [6, 6.07) is 3.92. The first kappa shape index (κ1) is 21.3. The van der Waals surface area contributed by atoms with E-state index in [1.54, 1.807) is 11.3 Å². The predicted molar refractivity (Wildman–Crippen MR) is 110 cm³/mol. The van der Waals surface area contributed by atoms with Crippen molar-refractivity contribution in [3.63, 3.8) is 0 Å². The molecular formula is C22H27NO5S. The molecule has 7 heteroatoms. The number of dihydropyridines is 1. The van der Waals surface area contributed by atoms with Crippen molar-refractivity contribution in [3.05, 3.63) is 44.4 Å². The summed E-state index contributed by atoms with van der Waals surface area (Å²) in [5.74, 6) is -2.83. The minimum atomic E-state index is -0.865. The third kappa shape index (κ3) is 3.88. The first-order chi connectivity index (χ1) is 13.8. The highest BCUT2D eigenvalue weighted by Gasteiger charge is 2.47. The van der Waals surface area contributed by atoms with Crippen LogP contribution in [0.15, 0.2) is 34.7 Å². The van der Waals surface area contributed by atoms with Gasteiger partial charge in [-0.3, -0.25) is 9.59 Å². The molecule has 2 aliphatic rings. The molecule has 1 aromatic heterocycles. The molecule has 156 valence electrons. The number of methoxy groups -OCH3 is 1. The minimum Gasteiger partial charge on any atom is -0.468 e. The summed E-state index contributed by atoms with van der Waals surface area (Å²) < 4.78 is 10.3. The molecular weight excluding hydrogens is 390 g/mol. The summed E-state index contributed by atoms with van der Waals surface area (Å²) in [6.45, 7) is 7.94. The number of ketones is 1. The zero-order valence-electron chi connectivity index (χ0n) is 17.5. The average molecular weight is 418 g/mol. The van der Waals surface area contributed by atoms with Gasteiger partial charge in [-0.2, -0.15) is 0 Å². The Hall–Kier alpha value is -2.41. The van der Waals surface area contributed by atoms with E-state index in [1.807, 2.05) is 39.8 Å². The molecule has 6 nitrogen and oxygen atoms in total. The zero-order chi connectivity index (χ0) is 21.3. The normalized spacial score (nSPS) is 24.2. The predicted octanol–water partition coefficient (Wildman–Crippen LogP) is 3.62. The molecule has 0 saturated carbocycles. The lowest BCUT2D eigenvalue weighted by Gasteiger charge is -2.37. The van der Waals surface area contributed by atoms with Crippen LogP contribution in [0.5, 0.6) is 0 Å². The summed E-state index contributed by atoms with van der Waals surface area (Å²) in [4.78, 5) is 40.7. The van der Waals surface area contributed by atoms with Crippen LogP contribution in [0.1, 0.15) is 49.3 Å². The fourth-order valence-corrected chi connectivity index (χ4v) is 5.11. The lowest BCUT2D eigenvalue weighted by molar-refractivity contribution is -0.151. The molecule has 3 atom stereocenters. The van der Waals surface area contributed by atoms with Gasteiger partial charge in [0.05, 0.1) is 25.2 Å². The fourth-order valence-electron chi connectivity index (χ4n) is 4.12. The SMILES string of the molecule is CCCOC(=O)C1=C(C)NC2=C(C(=O)C(C(=O)OC)C(C)C2)C1c1ccc(C)s1. The lowest BCUT2D eigenvalue weighted by atomic mass is 9.70. The van der Waals surface area contributed by atoms with Gasteiger partial charge in [-0.1, -0.05) is 13.8 Å². The maximum atomic E-state index is 13.5. The number of allylic oxidation sites excluding steroid dienone is 3. The van der Waals surface area contributed by atoms with E-state index >= 15 is 0 Å². The summed E-state index contributed by atoms with van der Waals surface area (Å²) in [5, 5.41) is 3.26. The van der Waals surface area contributed by atoms with Crippen molar-refractivity contribution in [3.8, 4) is 0 Å². The van der Waals surface area contributed by atoms with Gasteiger partial charge in [-0.25, -0.2) is 4.79 Å². The van der Waals surface area contributed by atoms with Gasteiger partial charge < -0.3 is 14.8 Å². The smallest absolute Gasteiger partial charge is 0.336 e. The van der Waals surface area contributed by atoms with Gasteiger partial charge in [0, 0.05) is 26.7 Å². The third-order valence-electron chi connectivity index (χ3n) is 5.45. The maximum Gasteiger partial charge on any atom is 0.336 e. The van der Waals surface area contributed by atoms with Crippen LogP contribution >= 0.6 is 11.3 Å². The van der Waals surface area contributed by atoms with E-state index in [9.17, 15) is 14.4 Å². The van der Waals surface area contributed by atoms with Gasteiger partial charge >= 0.3 is 11.9 Å². The Kier molecular flexibility index (Phi) is 6.27. The van der Waals surface area contributed by atoms with Crippen LogP contribution in [0, 0.1) is 18.8 Å². The first-order valence-corrected chi connectivity index (χ1v) is 10.7. The van der Waals surface area contributed by atoms with E-state index in [-0.39, 0.29) is 11.7 Å². The fraction of sp³-hybridized carbons (Fsp3) is 0.500. The van der Waals surface area contributed by atoms with E-state index in [1.165, 1.54) is 7.11 Å². The van der Waals surface area contributed by atoms with Crippen LogP contribution in [-0.4, -0.2) is 31.4 Å². The monoisotopic (exact) mass is 417 g/mol. The number of carbonyl (C=O) groups is 3. The maximum absolute atomic E-state index is 13.5. The summed E-state index contributed by atoms with van der Waals surface area (Å²) in [7, 11) is 1.29. The van der Waals surface area contributed by atoms with Crippen molar-refractivity contribution in [1.29, 1.82) is 0 Å². The molecule has 1 aromatic rings. The van der Waals surface area contributed by atoms with Gasteiger partial charge in [0.25, 0.3) is 0 Å². The van der Waals surface area contributed by atoms with Gasteiger partial charge in [0.15, 0.2) is 5.78 Å². The first-order valence-electron chi connectivity index (χ1n) is 9.86. The van der Waals surface area contributed by atoms with E-state index in [4.69, 9.17) is 9.47 Å². The molecule has 3 rings (SSSR count). The number of carbonyl (C=O) groups excluding carboxylic acids is 3. The highest BCUT2D eigenvalue weighted by atomic mass is 32.1. The van der Waals surface area contributed by atoms with Crippen molar-refractivity contribution in [2.75, 3.05) is 13.7 Å². The molecule has 1 N–H and O–H groups in total. The molecule has 3 unspecified atom stereocenters. The standard InChI is InChI=1S/C22H27NO5S/c1-6-9-28-22(26)17-13(4)23-14-10-11(2)16(21(25)27-5)20(24)18(14)19(17)15-8-7-12(3)29-15/h7-8,11,16,19,23H,6,9-10H2,1-5H3. The number of hydrogen-bond donors (Lipinski definition) is 1. The van der Waals surface area contributed by atoms with Crippen LogP contribution in [0.2, 0.25) is 0 Å². The zero-order valence-corrected chi connectivity index (χ0v) is 18.3. The molecule has 1 aliphatic heterocycles. The molecule has 0 spiro atoms. The van der Waals surface area contributed by atoms with Crippen LogP contribution in [-0.2, 0) is 23.9 Å². The van der Waals surface area contributed by atoms with Gasteiger partial charge in [-0.15, -0.1) is 11.3 Å². The number of nitrogens with one attached hydrogen (secondary N) is 1. The van der Waals surface area contributed by atoms with Crippen LogP contribution < -0.4 is 5.32 Å². The van der Waals surface area contributed by atoms with Crippen molar-refractivity contribution in [2.24, 2.45) is 11.8 Å². The number of esters is 2. The Balaban J connectivity index is 2.13. The second-order valence-corrected chi connectivity index (χ2v) is 8.94. The van der Waals surface area contributed by atoms with Crippen LogP contribution in [0.4, 0.5) is 0 Å². The number of rotatable bonds is 5. The molecule has 2 heterocycles. The van der Waals surface area contributed by atoms with Gasteiger partial charge in [-0.05, 0) is 44.7 Å². The third-order valence-corrected chi connectivity index (χ3v) is 6.51. The minimum absolute atomic E-state index is 0.187. The quantitative estimate of drug-likeness (QED) is 0.582. The summed E-state index contributed by atoms with van der Waals surface area (Å²) in [6.07, 6.45) is 1.25.